The number of aromatic nitrogens is 2. The van der Waals surface area contributed by atoms with Gasteiger partial charge in [-0.05, 0) is 74.4 Å². The van der Waals surface area contributed by atoms with E-state index in [2.05, 4.69) is 33.4 Å². The number of hydrogen-bond acceptors (Lipinski definition) is 6. The molecule has 0 radical (unpaired) electrons. The van der Waals surface area contributed by atoms with Gasteiger partial charge in [-0.2, -0.15) is 0 Å². The number of aliphatic hydroxyl groups excluding tert-OH is 1. The molecule has 38 heavy (non-hydrogen) atoms. The summed E-state index contributed by atoms with van der Waals surface area (Å²) < 4.78 is 35.1. The first-order valence-corrected chi connectivity index (χ1v) is 13.9. The van der Waals surface area contributed by atoms with Crippen LogP contribution in [0.3, 0.4) is 0 Å². The highest BCUT2D eigenvalue weighted by Crippen LogP contribution is 2.23. The number of imidazole rings is 1. The Morgan fingerprint density at radius 1 is 1.03 bits per heavy atom. The van der Waals surface area contributed by atoms with Gasteiger partial charge in [0, 0.05) is 36.1 Å². The molecule has 0 aliphatic carbocycles. The minimum absolute atomic E-state index is 0.184. The first-order valence-electron chi connectivity index (χ1n) is 12.4. The summed E-state index contributed by atoms with van der Waals surface area (Å²) in [4.78, 5) is 4.71. The quantitative estimate of drug-likeness (QED) is 0.240. The smallest absolute Gasteiger partial charge is 0.261 e. The molecule has 200 valence electrons. The topological polar surface area (TPSA) is 105 Å². The van der Waals surface area contributed by atoms with E-state index in [-0.39, 0.29) is 10.4 Å². The molecular weight excluding hydrogens is 500 g/mol. The molecule has 4 aromatic rings. The van der Waals surface area contributed by atoms with Gasteiger partial charge in [0.25, 0.3) is 10.0 Å². The summed E-state index contributed by atoms with van der Waals surface area (Å²) in [6.45, 7) is 5.26. The highest BCUT2D eigenvalue weighted by atomic mass is 32.2. The van der Waals surface area contributed by atoms with E-state index in [1.807, 2.05) is 36.8 Å². The zero-order valence-electron chi connectivity index (χ0n) is 21.8. The van der Waals surface area contributed by atoms with Gasteiger partial charge >= 0.3 is 0 Å². The summed E-state index contributed by atoms with van der Waals surface area (Å²) in [5.74, 6) is 0.809. The lowest BCUT2D eigenvalue weighted by Crippen LogP contribution is -2.42. The van der Waals surface area contributed by atoms with Crippen molar-refractivity contribution in [3.63, 3.8) is 0 Å². The molecule has 1 aromatic heterocycles. The van der Waals surface area contributed by atoms with Gasteiger partial charge in [-0.3, -0.25) is 4.72 Å². The second-order valence-corrected chi connectivity index (χ2v) is 11.5. The molecule has 0 bridgehead atoms. The van der Waals surface area contributed by atoms with Crippen molar-refractivity contribution in [2.75, 3.05) is 18.4 Å². The molecule has 0 spiro atoms. The SMILES string of the molecule is COc1ccc(-c2cn(CCC(C)(C)NCC(O)c3cccc(NS(=O)(=O)c4ccccc4)c3)cn2)cc1. The van der Waals surface area contributed by atoms with Crippen molar-refractivity contribution in [2.45, 2.75) is 43.4 Å². The summed E-state index contributed by atoms with van der Waals surface area (Å²) in [6, 6.07) is 22.8. The molecule has 9 heteroatoms. The Labute approximate surface area is 224 Å². The second kappa shape index (κ2) is 11.8. The Morgan fingerprint density at radius 2 is 1.76 bits per heavy atom. The molecule has 0 saturated heterocycles. The maximum absolute atomic E-state index is 12.6. The Kier molecular flexibility index (Phi) is 8.51. The van der Waals surface area contributed by atoms with Gasteiger partial charge in [-0.15, -0.1) is 0 Å². The fourth-order valence-electron chi connectivity index (χ4n) is 4.00. The van der Waals surface area contributed by atoms with Gasteiger partial charge in [0.1, 0.15) is 5.75 Å². The lowest BCUT2D eigenvalue weighted by atomic mass is 9.99. The largest absolute Gasteiger partial charge is 0.497 e. The number of nitrogens with one attached hydrogen (secondary N) is 2. The van der Waals surface area contributed by atoms with Crippen molar-refractivity contribution in [2.24, 2.45) is 0 Å². The van der Waals surface area contributed by atoms with E-state index in [4.69, 9.17) is 4.74 Å². The number of aliphatic hydroxyl groups is 1. The number of rotatable bonds is 12. The van der Waals surface area contributed by atoms with E-state index in [0.717, 1.165) is 30.0 Å². The molecule has 3 N–H and O–H groups in total. The van der Waals surface area contributed by atoms with E-state index in [0.29, 0.717) is 17.8 Å². The van der Waals surface area contributed by atoms with Crippen LogP contribution < -0.4 is 14.8 Å². The molecular formula is C29H34N4O4S. The molecule has 0 amide bonds. The molecule has 1 unspecified atom stereocenters. The van der Waals surface area contributed by atoms with E-state index in [1.54, 1.807) is 49.6 Å². The van der Waals surface area contributed by atoms with Crippen LogP contribution in [0.25, 0.3) is 11.3 Å². The van der Waals surface area contributed by atoms with Crippen LogP contribution in [-0.4, -0.2) is 42.3 Å². The van der Waals surface area contributed by atoms with Crippen molar-refractivity contribution in [1.82, 2.24) is 14.9 Å². The summed E-state index contributed by atoms with van der Waals surface area (Å²) >= 11 is 0. The zero-order valence-corrected chi connectivity index (χ0v) is 22.7. The highest BCUT2D eigenvalue weighted by molar-refractivity contribution is 7.92. The van der Waals surface area contributed by atoms with E-state index < -0.39 is 16.1 Å². The first kappa shape index (κ1) is 27.4. The van der Waals surface area contributed by atoms with Crippen molar-refractivity contribution >= 4 is 15.7 Å². The third kappa shape index (κ3) is 7.22. The Morgan fingerprint density at radius 3 is 2.47 bits per heavy atom. The molecule has 4 rings (SSSR count). The number of anilines is 1. The van der Waals surface area contributed by atoms with Crippen LogP contribution in [0.2, 0.25) is 0 Å². The van der Waals surface area contributed by atoms with E-state index in [9.17, 15) is 13.5 Å². The maximum atomic E-state index is 12.6. The van der Waals surface area contributed by atoms with Crippen molar-refractivity contribution in [3.05, 3.63) is 97.0 Å². The van der Waals surface area contributed by atoms with Gasteiger partial charge in [0.15, 0.2) is 0 Å². The molecule has 1 atom stereocenters. The molecule has 0 aliphatic rings. The van der Waals surface area contributed by atoms with Gasteiger partial charge in [-0.1, -0.05) is 30.3 Å². The summed E-state index contributed by atoms with van der Waals surface area (Å²) in [5.41, 5.74) is 2.70. The molecule has 0 aliphatic heterocycles. The lowest BCUT2D eigenvalue weighted by molar-refractivity contribution is 0.158. The second-order valence-electron chi connectivity index (χ2n) is 9.80. The third-order valence-electron chi connectivity index (χ3n) is 6.37. The average Bonchev–Trinajstić information content (AvgIpc) is 3.40. The molecule has 0 saturated carbocycles. The molecule has 3 aromatic carbocycles. The number of ether oxygens (including phenoxy) is 1. The number of β-amino-alcohol motifs (C(OH)–C–C–N with tert-alkyl or cyclic N) is 1. The number of benzene rings is 3. The van der Waals surface area contributed by atoms with E-state index >= 15 is 0 Å². The zero-order chi connectivity index (χ0) is 27.2. The maximum Gasteiger partial charge on any atom is 0.261 e. The van der Waals surface area contributed by atoms with Crippen molar-refractivity contribution < 1.29 is 18.3 Å². The third-order valence-corrected chi connectivity index (χ3v) is 7.76. The van der Waals surface area contributed by atoms with Crippen LogP contribution in [0.5, 0.6) is 5.75 Å². The number of nitrogens with zero attached hydrogens (tertiary/aromatic N) is 2. The molecule has 1 heterocycles. The fourth-order valence-corrected chi connectivity index (χ4v) is 5.07. The predicted molar refractivity (Wildman–Crippen MR) is 150 cm³/mol. The normalized spacial score (nSPS) is 12.7. The van der Waals surface area contributed by atoms with E-state index in [1.165, 1.54) is 12.1 Å². The van der Waals surface area contributed by atoms with Crippen LogP contribution in [-0.2, 0) is 16.6 Å². The Balaban J connectivity index is 1.31. The summed E-state index contributed by atoms with van der Waals surface area (Å²) in [5, 5.41) is 14.2. The number of sulfonamides is 1. The average molecular weight is 535 g/mol. The van der Waals surface area contributed by atoms with Crippen LogP contribution in [0.15, 0.2) is 96.3 Å². The number of methoxy groups -OCH3 is 1. The van der Waals surface area contributed by atoms with Crippen LogP contribution in [0.4, 0.5) is 5.69 Å². The summed E-state index contributed by atoms with van der Waals surface area (Å²) in [6.07, 6.45) is 3.86. The highest BCUT2D eigenvalue weighted by Gasteiger charge is 2.20. The van der Waals surface area contributed by atoms with Gasteiger partial charge in [0.2, 0.25) is 0 Å². The van der Waals surface area contributed by atoms with Crippen LogP contribution >= 0.6 is 0 Å². The van der Waals surface area contributed by atoms with Gasteiger partial charge < -0.3 is 19.7 Å². The standard InChI is InChI=1S/C29H34N4O4S/c1-29(2,16-17-33-20-27(30-21-33)22-12-14-25(37-3)15-13-22)31-19-28(34)23-8-7-9-24(18-23)32-38(35,36)26-10-5-4-6-11-26/h4-15,18,20-21,28,31-32,34H,16-17,19H2,1-3H3. The van der Waals surface area contributed by atoms with Crippen LogP contribution in [0.1, 0.15) is 31.9 Å². The Hall–Kier alpha value is -3.66. The minimum atomic E-state index is -3.70. The van der Waals surface area contributed by atoms with Gasteiger partial charge in [0.05, 0.1) is 30.1 Å². The van der Waals surface area contributed by atoms with Gasteiger partial charge in [-0.25, -0.2) is 13.4 Å². The molecule has 8 nitrogen and oxygen atoms in total. The lowest BCUT2D eigenvalue weighted by Gasteiger charge is -2.28. The minimum Gasteiger partial charge on any atom is -0.497 e. The van der Waals surface area contributed by atoms with Crippen molar-refractivity contribution in [3.8, 4) is 17.0 Å². The number of hydrogen-bond donors (Lipinski definition) is 3. The Bertz CT molecular complexity index is 1430. The first-order chi connectivity index (χ1) is 18.1. The molecule has 0 fully saturated rings. The number of aryl methyl sites for hydroxylation is 1. The van der Waals surface area contributed by atoms with Crippen molar-refractivity contribution in [1.29, 1.82) is 0 Å². The summed E-state index contributed by atoms with van der Waals surface area (Å²) in [7, 11) is -2.06. The van der Waals surface area contributed by atoms with Crippen LogP contribution in [0, 0.1) is 0 Å². The fraction of sp³-hybridized carbons (Fsp3) is 0.276. The monoisotopic (exact) mass is 534 g/mol. The predicted octanol–water partition coefficient (Wildman–Crippen LogP) is 4.85.